The number of halogens is 3. The molecule has 0 spiro atoms. The number of hydrogen-bond acceptors (Lipinski definition) is 5. The second-order valence-electron chi connectivity index (χ2n) is 5.39. The summed E-state index contributed by atoms with van der Waals surface area (Å²) in [6.45, 7) is 0. The molecule has 3 rings (SSSR count). The molecule has 0 radical (unpaired) electrons. The van der Waals surface area contributed by atoms with E-state index in [1.807, 2.05) is 0 Å². The second-order valence-corrected chi connectivity index (χ2v) is 8.31. The zero-order valence-corrected chi connectivity index (χ0v) is 15.3. The summed E-state index contributed by atoms with van der Waals surface area (Å²) in [4.78, 5) is 16.4. The SMILES string of the molecule is CNS(=O)(=O)c1ccc2nc(NC(=O)c3cccc(C(F)(F)F)c3)sc2c1. The van der Waals surface area contributed by atoms with E-state index >= 15 is 0 Å². The van der Waals surface area contributed by atoms with E-state index in [0.29, 0.717) is 10.2 Å². The fourth-order valence-electron chi connectivity index (χ4n) is 2.25. The standard InChI is InChI=1S/C16H12F3N3O3S2/c1-20-27(24,25)11-5-6-12-13(8-11)26-15(21-12)22-14(23)9-3-2-4-10(7-9)16(17,18)19/h2-8,20H,1H3,(H,21,22,23). The normalized spacial score (nSPS) is 12.3. The molecule has 0 aliphatic heterocycles. The Bertz CT molecular complexity index is 1120. The average Bonchev–Trinajstić information content (AvgIpc) is 3.02. The maximum absolute atomic E-state index is 12.8. The molecule has 0 unspecified atom stereocenters. The summed E-state index contributed by atoms with van der Waals surface area (Å²) >= 11 is 1.01. The highest BCUT2D eigenvalue weighted by Gasteiger charge is 2.31. The van der Waals surface area contributed by atoms with Gasteiger partial charge in [0, 0.05) is 5.56 Å². The summed E-state index contributed by atoms with van der Waals surface area (Å²) in [7, 11) is -2.35. The van der Waals surface area contributed by atoms with Gasteiger partial charge in [0.25, 0.3) is 5.91 Å². The Morgan fingerprint density at radius 3 is 2.56 bits per heavy atom. The van der Waals surface area contributed by atoms with Gasteiger partial charge in [-0.15, -0.1) is 0 Å². The van der Waals surface area contributed by atoms with Gasteiger partial charge in [-0.25, -0.2) is 18.1 Å². The lowest BCUT2D eigenvalue weighted by Gasteiger charge is -2.08. The smallest absolute Gasteiger partial charge is 0.298 e. The molecule has 0 aliphatic carbocycles. The summed E-state index contributed by atoms with van der Waals surface area (Å²) < 4.78 is 64.7. The van der Waals surface area contributed by atoms with Gasteiger partial charge in [-0.3, -0.25) is 10.1 Å². The van der Waals surface area contributed by atoms with Gasteiger partial charge < -0.3 is 0 Å². The number of carbonyl (C=O) groups is 1. The number of alkyl halides is 3. The van der Waals surface area contributed by atoms with Crippen LogP contribution in [0.1, 0.15) is 15.9 Å². The Kier molecular flexibility index (Phi) is 4.93. The molecule has 2 aromatic carbocycles. The first-order valence-corrected chi connectivity index (χ1v) is 9.73. The minimum absolute atomic E-state index is 0.0388. The molecule has 11 heteroatoms. The number of thiazole rings is 1. The molecular formula is C16H12F3N3O3S2. The molecule has 1 heterocycles. The highest BCUT2D eigenvalue weighted by atomic mass is 32.2. The van der Waals surface area contributed by atoms with E-state index in [4.69, 9.17) is 0 Å². The van der Waals surface area contributed by atoms with Crippen LogP contribution in [0.5, 0.6) is 0 Å². The summed E-state index contributed by atoms with van der Waals surface area (Å²) in [6.07, 6.45) is -4.55. The van der Waals surface area contributed by atoms with Crippen LogP contribution < -0.4 is 10.0 Å². The number of carbonyl (C=O) groups excluding carboxylic acids is 1. The number of sulfonamides is 1. The van der Waals surface area contributed by atoms with E-state index in [-0.39, 0.29) is 15.6 Å². The minimum atomic E-state index is -4.55. The first kappa shape index (κ1) is 19.3. The van der Waals surface area contributed by atoms with Crippen molar-refractivity contribution >= 4 is 42.6 Å². The van der Waals surface area contributed by atoms with Crippen LogP contribution in [0.15, 0.2) is 47.4 Å². The molecule has 6 nitrogen and oxygen atoms in total. The number of amides is 1. The first-order valence-electron chi connectivity index (χ1n) is 7.43. The van der Waals surface area contributed by atoms with E-state index in [9.17, 15) is 26.4 Å². The third-order valence-electron chi connectivity index (χ3n) is 3.61. The van der Waals surface area contributed by atoms with E-state index in [1.54, 1.807) is 0 Å². The Morgan fingerprint density at radius 1 is 1.15 bits per heavy atom. The number of nitrogens with zero attached hydrogens (tertiary/aromatic N) is 1. The number of aromatic nitrogens is 1. The number of nitrogens with one attached hydrogen (secondary N) is 2. The van der Waals surface area contributed by atoms with Gasteiger partial charge in [-0.1, -0.05) is 17.4 Å². The predicted molar refractivity (Wildman–Crippen MR) is 95.3 cm³/mol. The van der Waals surface area contributed by atoms with E-state index < -0.39 is 27.7 Å². The predicted octanol–water partition coefficient (Wildman–Crippen LogP) is 3.48. The van der Waals surface area contributed by atoms with E-state index in [1.165, 1.54) is 31.3 Å². The molecule has 0 fully saturated rings. The molecule has 0 saturated heterocycles. The third kappa shape index (κ3) is 4.10. The zero-order chi connectivity index (χ0) is 19.8. The fraction of sp³-hybridized carbons (Fsp3) is 0.125. The van der Waals surface area contributed by atoms with Crippen LogP contribution in [0.2, 0.25) is 0 Å². The van der Waals surface area contributed by atoms with Crippen molar-refractivity contribution in [2.75, 3.05) is 12.4 Å². The van der Waals surface area contributed by atoms with E-state index in [0.717, 1.165) is 29.5 Å². The van der Waals surface area contributed by atoms with Crippen molar-refractivity contribution in [2.45, 2.75) is 11.1 Å². The third-order valence-corrected chi connectivity index (χ3v) is 5.96. The average molecular weight is 415 g/mol. The van der Waals surface area contributed by atoms with Gasteiger partial charge in [0.15, 0.2) is 5.13 Å². The second kappa shape index (κ2) is 6.91. The van der Waals surface area contributed by atoms with Crippen molar-refractivity contribution in [1.82, 2.24) is 9.71 Å². The Labute approximate surface area is 156 Å². The molecule has 0 atom stereocenters. The van der Waals surface area contributed by atoms with Crippen molar-refractivity contribution in [1.29, 1.82) is 0 Å². The van der Waals surface area contributed by atoms with Gasteiger partial charge in [-0.2, -0.15) is 13.2 Å². The molecule has 2 N–H and O–H groups in total. The van der Waals surface area contributed by atoms with Crippen molar-refractivity contribution in [3.05, 3.63) is 53.6 Å². The van der Waals surface area contributed by atoms with Crippen LogP contribution in [-0.4, -0.2) is 26.4 Å². The molecule has 3 aromatic rings. The van der Waals surface area contributed by atoms with E-state index in [2.05, 4.69) is 15.0 Å². The lowest BCUT2D eigenvalue weighted by atomic mass is 10.1. The molecule has 0 saturated carbocycles. The largest absolute Gasteiger partial charge is 0.416 e. The van der Waals surface area contributed by atoms with Gasteiger partial charge >= 0.3 is 6.18 Å². The quantitative estimate of drug-likeness (QED) is 0.683. The van der Waals surface area contributed by atoms with Crippen molar-refractivity contribution in [2.24, 2.45) is 0 Å². The summed E-state index contributed by atoms with van der Waals surface area (Å²) in [5.74, 6) is -0.747. The summed E-state index contributed by atoms with van der Waals surface area (Å²) in [6, 6.07) is 8.28. The number of benzene rings is 2. The number of anilines is 1. The molecule has 27 heavy (non-hydrogen) atoms. The van der Waals surface area contributed by atoms with Gasteiger partial charge in [0.1, 0.15) is 0 Å². The molecule has 142 valence electrons. The van der Waals surface area contributed by atoms with Crippen molar-refractivity contribution in [3.8, 4) is 0 Å². The van der Waals surface area contributed by atoms with Crippen LogP contribution in [0.3, 0.4) is 0 Å². The fourth-order valence-corrected chi connectivity index (χ4v) is 3.98. The van der Waals surface area contributed by atoms with Crippen LogP contribution >= 0.6 is 11.3 Å². The lowest BCUT2D eigenvalue weighted by molar-refractivity contribution is -0.137. The topological polar surface area (TPSA) is 88.2 Å². The van der Waals surface area contributed by atoms with Crippen molar-refractivity contribution in [3.63, 3.8) is 0 Å². The zero-order valence-electron chi connectivity index (χ0n) is 13.7. The molecule has 0 aliphatic rings. The summed E-state index contributed by atoms with van der Waals surface area (Å²) in [5.41, 5.74) is -0.640. The minimum Gasteiger partial charge on any atom is -0.298 e. The number of rotatable bonds is 4. The first-order chi connectivity index (χ1) is 12.6. The summed E-state index contributed by atoms with van der Waals surface area (Å²) in [5, 5.41) is 2.58. The van der Waals surface area contributed by atoms with Gasteiger partial charge in [-0.05, 0) is 43.4 Å². The number of hydrogen-bond donors (Lipinski definition) is 2. The van der Waals surface area contributed by atoms with Crippen LogP contribution in [0.25, 0.3) is 10.2 Å². The molecular weight excluding hydrogens is 403 g/mol. The van der Waals surface area contributed by atoms with Crippen LogP contribution in [0.4, 0.5) is 18.3 Å². The highest BCUT2D eigenvalue weighted by molar-refractivity contribution is 7.89. The monoisotopic (exact) mass is 415 g/mol. The van der Waals surface area contributed by atoms with Gasteiger partial charge in [0.2, 0.25) is 10.0 Å². The lowest BCUT2D eigenvalue weighted by Crippen LogP contribution is -2.18. The van der Waals surface area contributed by atoms with Crippen LogP contribution in [-0.2, 0) is 16.2 Å². The highest BCUT2D eigenvalue weighted by Crippen LogP contribution is 2.31. The Hall–Kier alpha value is -2.50. The molecule has 1 amide bonds. The van der Waals surface area contributed by atoms with Crippen molar-refractivity contribution < 1.29 is 26.4 Å². The molecule has 0 bridgehead atoms. The number of fused-ring (bicyclic) bond motifs is 1. The van der Waals surface area contributed by atoms with Crippen LogP contribution in [0, 0.1) is 0 Å². The van der Waals surface area contributed by atoms with Gasteiger partial charge in [0.05, 0.1) is 20.7 Å². The maximum atomic E-state index is 12.8. The maximum Gasteiger partial charge on any atom is 0.416 e. The molecule has 1 aromatic heterocycles. The Morgan fingerprint density at radius 2 is 1.89 bits per heavy atom. The Balaban J connectivity index is 1.88.